The Kier molecular flexibility index (Phi) is 5.71. The van der Waals surface area contributed by atoms with Crippen LogP contribution in [0.3, 0.4) is 0 Å². The molecule has 1 aliphatic heterocycles. The first-order valence-corrected chi connectivity index (χ1v) is 9.34. The summed E-state index contributed by atoms with van der Waals surface area (Å²) in [7, 11) is -0.512. The minimum Gasteiger partial charge on any atom is -0.444 e. The van der Waals surface area contributed by atoms with Gasteiger partial charge in [-0.2, -0.15) is 0 Å². The van der Waals surface area contributed by atoms with Gasteiger partial charge in [-0.3, -0.25) is 0 Å². The molecule has 1 aromatic heterocycles. The van der Waals surface area contributed by atoms with Gasteiger partial charge in [0.25, 0.3) is 0 Å². The van der Waals surface area contributed by atoms with E-state index in [0.717, 1.165) is 10.3 Å². The van der Waals surface area contributed by atoms with E-state index in [-0.39, 0.29) is 0 Å². The largest absolute Gasteiger partial charge is 0.492 e. The van der Waals surface area contributed by atoms with Crippen LogP contribution in [0.25, 0.3) is 6.08 Å². The maximum absolute atomic E-state index is 12.0. The molecule has 1 N–H and O–H groups in total. The lowest BCUT2D eigenvalue weighted by molar-refractivity contribution is 0.00578. The second-order valence-electron chi connectivity index (χ2n) is 8.18. The maximum Gasteiger partial charge on any atom is 0.492 e. The molecule has 0 spiro atoms. The first-order valence-electron chi connectivity index (χ1n) is 8.46. The van der Waals surface area contributed by atoms with Crippen molar-refractivity contribution in [2.75, 3.05) is 6.54 Å². The van der Waals surface area contributed by atoms with Crippen LogP contribution in [0.15, 0.2) is 23.0 Å². The van der Waals surface area contributed by atoms with Gasteiger partial charge in [0.1, 0.15) is 5.60 Å². The van der Waals surface area contributed by atoms with Gasteiger partial charge in [-0.05, 0) is 71.5 Å². The van der Waals surface area contributed by atoms with Crippen molar-refractivity contribution >= 4 is 30.6 Å². The summed E-state index contributed by atoms with van der Waals surface area (Å²) in [5.41, 5.74) is -0.547. The third-order valence-electron chi connectivity index (χ3n) is 4.26. The fraction of sp³-hybridized carbons (Fsp3) is 0.611. The Hall–Kier alpha value is -1.31. The van der Waals surface area contributed by atoms with Crippen molar-refractivity contribution < 1.29 is 18.8 Å². The number of nitrogens with one attached hydrogen (secondary N) is 1. The van der Waals surface area contributed by atoms with Gasteiger partial charge >= 0.3 is 13.2 Å². The minimum absolute atomic E-state index is 0.295. The zero-order chi connectivity index (χ0) is 18.9. The average Bonchev–Trinajstić information content (AvgIpc) is 2.99. The molecule has 1 aliphatic rings. The minimum atomic E-state index is -0.536. The van der Waals surface area contributed by atoms with Gasteiger partial charge in [0.2, 0.25) is 0 Å². The van der Waals surface area contributed by atoms with Crippen LogP contribution in [0.5, 0.6) is 0 Å². The smallest absolute Gasteiger partial charge is 0.444 e. The number of ether oxygens (including phenoxy) is 1. The number of carbonyl (C=O) groups is 1. The number of alkyl carbamates (subject to hydrolysis) is 1. The first-order chi connectivity index (χ1) is 11.4. The maximum atomic E-state index is 12.0. The van der Waals surface area contributed by atoms with E-state index >= 15 is 0 Å². The van der Waals surface area contributed by atoms with Gasteiger partial charge in [-0.1, -0.05) is 6.07 Å². The molecule has 1 amide bonds. The number of hydrogen-bond acceptors (Lipinski definition) is 5. The SMILES string of the molecule is CC(C)(C)OC(=O)NCC(=Cc1cccs1)B1OC(C)(C)C(C)(C)O1. The molecule has 0 unspecified atom stereocenters. The van der Waals surface area contributed by atoms with Crippen LogP contribution >= 0.6 is 11.3 Å². The molecule has 2 rings (SSSR count). The third-order valence-corrected chi connectivity index (χ3v) is 5.08. The molecule has 1 saturated heterocycles. The first kappa shape index (κ1) is 20.0. The van der Waals surface area contributed by atoms with E-state index in [1.807, 2.05) is 72.1 Å². The fourth-order valence-corrected chi connectivity index (χ4v) is 2.93. The second-order valence-corrected chi connectivity index (χ2v) is 9.16. The zero-order valence-electron chi connectivity index (χ0n) is 16.1. The Balaban J connectivity index is 2.14. The Morgan fingerprint density at radius 3 is 2.36 bits per heavy atom. The molecule has 138 valence electrons. The van der Waals surface area contributed by atoms with E-state index < -0.39 is 30.0 Å². The predicted molar refractivity (Wildman–Crippen MR) is 103 cm³/mol. The molecule has 2 heterocycles. The van der Waals surface area contributed by atoms with E-state index in [4.69, 9.17) is 14.0 Å². The van der Waals surface area contributed by atoms with Crippen molar-refractivity contribution in [3.8, 4) is 0 Å². The molecule has 0 aromatic carbocycles. The molecule has 1 aromatic rings. The standard InChI is InChI=1S/C18H28BNO4S/c1-16(2,3)22-15(21)20-12-13(11-14-9-8-10-25-14)19-23-17(4,5)18(6,7)24-19/h8-11H,12H2,1-7H3,(H,20,21). The molecule has 0 atom stereocenters. The summed E-state index contributed by atoms with van der Waals surface area (Å²) < 4.78 is 17.6. The Bertz CT molecular complexity index is 616. The van der Waals surface area contributed by atoms with Crippen LogP contribution in [0.2, 0.25) is 0 Å². The lowest BCUT2D eigenvalue weighted by Crippen LogP contribution is -2.41. The zero-order valence-corrected chi connectivity index (χ0v) is 17.0. The second kappa shape index (κ2) is 7.13. The molecular weight excluding hydrogens is 337 g/mol. The quantitative estimate of drug-likeness (QED) is 0.809. The molecule has 1 fully saturated rings. The van der Waals surface area contributed by atoms with Crippen molar-refractivity contribution in [1.82, 2.24) is 5.32 Å². The van der Waals surface area contributed by atoms with E-state index in [0.29, 0.717) is 6.54 Å². The topological polar surface area (TPSA) is 56.8 Å². The monoisotopic (exact) mass is 365 g/mol. The van der Waals surface area contributed by atoms with Crippen molar-refractivity contribution in [1.29, 1.82) is 0 Å². The van der Waals surface area contributed by atoms with Crippen LogP contribution in [-0.4, -0.2) is 36.6 Å². The van der Waals surface area contributed by atoms with E-state index in [1.54, 1.807) is 11.3 Å². The van der Waals surface area contributed by atoms with Crippen LogP contribution in [0, 0.1) is 0 Å². The van der Waals surface area contributed by atoms with Crippen molar-refractivity contribution in [2.24, 2.45) is 0 Å². The average molecular weight is 365 g/mol. The van der Waals surface area contributed by atoms with E-state index in [9.17, 15) is 4.79 Å². The number of amides is 1. The summed E-state index contributed by atoms with van der Waals surface area (Å²) >= 11 is 1.62. The van der Waals surface area contributed by atoms with Crippen molar-refractivity contribution in [3.63, 3.8) is 0 Å². The predicted octanol–water partition coefficient (Wildman–Crippen LogP) is 4.29. The highest BCUT2D eigenvalue weighted by Gasteiger charge is 2.52. The summed E-state index contributed by atoms with van der Waals surface area (Å²) in [6, 6.07) is 4.00. The highest BCUT2D eigenvalue weighted by molar-refractivity contribution is 7.10. The third kappa shape index (κ3) is 5.33. The summed E-state index contributed by atoms with van der Waals surface area (Å²) in [6.45, 7) is 13.8. The molecule has 0 aliphatic carbocycles. The molecule has 0 saturated carbocycles. The number of hydrogen-bond donors (Lipinski definition) is 1. The van der Waals surface area contributed by atoms with Gasteiger partial charge in [0.15, 0.2) is 0 Å². The van der Waals surface area contributed by atoms with E-state index in [2.05, 4.69) is 5.32 Å². The van der Waals surface area contributed by atoms with Gasteiger partial charge in [-0.25, -0.2) is 4.79 Å². The fourth-order valence-electron chi connectivity index (χ4n) is 2.24. The highest BCUT2D eigenvalue weighted by atomic mass is 32.1. The summed E-state index contributed by atoms with van der Waals surface area (Å²) in [5.74, 6) is 0. The van der Waals surface area contributed by atoms with Crippen LogP contribution in [0.4, 0.5) is 4.79 Å². The van der Waals surface area contributed by atoms with Crippen molar-refractivity contribution in [2.45, 2.75) is 65.3 Å². The Morgan fingerprint density at radius 1 is 1.28 bits per heavy atom. The molecule has 7 heteroatoms. The van der Waals surface area contributed by atoms with Crippen LogP contribution < -0.4 is 5.32 Å². The van der Waals surface area contributed by atoms with Gasteiger partial charge in [0, 0.05) is 11.4 Å². The molecule has 0 radical (unpaired) electrons. The summed E-state index contributed by atoms with van der Waals surface area (Å²) in [6.07, 6.45) is 1.55. The number of carbonyl (C=O) groups excluding carboxylic acids is 1. The van der Waals surface area contributed by atoms with Crippen LogP contribution in [-0.2, 0) is 14.0 Å². The lowest BCUT2D eigenvalue weighted by Gasteiger charge is -2.32. The Labute approximate surface area is 154 Å². The molecule has 0 bridgehead atoms. The van der Waals surface area contributed by atoms with E-state index in [1.165, 1.54) is 0 Å². The highest BCUT2D eigenvalue weighted by Crippen LogP contribution is 2.38. The number of rotatable bonds is 4. The van der Waals surface area contributed by atoms with Gasteiger partial charge in [0.05, 0.1) is 11.2 Å². The van der Waals surface area contributed by atoms with Gasteiger partial charge in [-0.15, -0.1) is 11.3 Å². The lowest BCUT2D eigenvalue weighted by atomic mass is 9.77. The molecule has 25 heavy (non-hydrogen) atoms. The van der Waals surface area contributed by atoms with Crippen LogP contribution in [0.1, 0.15) is 53.3 Å². The number of thiophene rings is 1. The van der Waals surface area contributed by atoms with Gasteiger partial charge < -0.3 is 19.4 Å². The summed E-state index contributed by atoms with van der Waals surface area (Å²) in [5, 5.41) is 4.81. The Morgan fingerprint density at radius 2 is 1.88 bits per heavy atom. The molecule has 5 nitrogen and oxygen atoms in total. The van der Waals surface area contributed by atoms with Crippen molar-refractivity contribution in [3.05, 3.63) is 27.9 Å². The normalized spacial score (nSPS) is 19.8. The summed E-state index contributed by atoms with van der Waals surface area (Å²) in [4.78, 5) is 13.1. The molecular formula is C18H28BNO4S.